The van der Waals surface area contributed by atoms with E-state index in [1.54, 1.807) is 17.0 Å². The fourth-order valence-electron chi connectivity index (χ4n) is 10.5. The predicted molar refractivity (Wildman–Crippen MR) is 218 cm³/mol. The second kappa shape index (κ2) is 13.8. The van der Waals surface area contributed by atoms with Crippen molar-refractivity contribution in [3.8, 4) is 28.7 Å². The van der Waals surface area contributed by atoms with Crippen LogP contribution in [0, 0.1) is 34.4 Å². The van der Waals surface area contributed by atoms with Crippen molar-refractivity contribution < 1.29 is 32.5 Å². The molecule has 3 aliphatic heterocycles. The zero-order valence-corrected chi connectivity index (χ0v) is 34.2. The lowest BCUT2D eigenvalue weighted by atomic mass is 9.89. The standard InChI is InChI=1S/C44H52F4N6O2Si/c1-24(2)57(25(3)4,26(5)6)15-10-29-33(45)9-8-27-16-28(49)17-30(35(27)29)38-37(48)39-31(19-50-38)41(54-13-14-55-20-32-36(47)40(32)54)52-42(51-39)56-23-44-11-7-12-53(44)22-43(21-44)18-34(43)46/h8-9,16-17,19,24-26,32,34,36,40H,7,11-14,18,20-23,49H2,1-6H3/t32-,34-,36-,40-,43-,44-/m0/s1/i12D2,23D2. The van der Waals surface area contributed by atoms with E-state index in [0.717, 1.165) is 0 Å². The first-order valence-corrected chi connectivity index (χ1v) is 22.4. The summed E-state index contributed by atoms with van der Waals surface area (Å²) in [6.45, 7) is 8.98. The van der Waals surface area contributed by atoms with Crippen LogP contribution in [0.5, 0.6) is 6.01 Å². The van der Waals surface area contributed by atoms with Gasteiger partial charge >= 0.3 is 6.01 Å². The summed E-state index contributed by atoms with van der Waals surface area (Å²) in [6, 6.07) is 4.86. The number of pyridine rings is 1. The Balaban J connectivity index is 1.23. The minimum atomic E-state index is -2.68. The van der Waals surface area contributed by atoms with Crippen LogP contribution in [0.2, 0.25) is 16.6 Å². The van der Waals surface area contributed by atoms with E-state index in [9.17, 15) is 7.13 Å². The van der Waals surface area contributed by atoms with E-state index in [1.165, 1.54) is 23.2 Å². The van der Waals surface area contributed by atoms with E-state index in [-0.39, 0.29) is 108 Å². The van der Waals surface area contributed by atoms with E-state index in [0.29, 0.717) is 10.8 Å². The van der Waals surface area contributed by atoms with Gasteiger partial charge in [-0.3, -0.25) is 9.88 Å². The minimum Gasteiger partial charge on any atom is -0.461 e. The molecular weight excluding hydrogens is 749 g/mol. The molecule has 57 heavy (non-hydrogen) atoms. The molecule has 8 nitrogen and oxygen atoms in total. The number of halogens is 4. The Hall–Kier alpha value is -3.99. The quantitative estimate of drug-likeness (QED) is 0.0819. The van der Waals surface area contributed by atoms with E-state index < -0.39 is 74.0 Å². The Morgan fingerprint density at radius 2 is 1.88 bits per heavy atom. The van der Waals surface area contributed by atoms with Crippen LogP contribution in [0.4, 0.5) is 29.1 Å². The molecule has 0 bridgehead atoms. The molecule has 2 aliphatic carbocycles. The van der Waals surface area contributed by atoms with Gasteiger partial charge in [-0.25, -0.2) is 17.6 Å². The molecule has 6 atom stereocenters. The molecule has 0 amide bonds. The van der Waals surface area contributed by atoms with Crippen LogP contribution < -0.4 is 15.4 Å². The van der Waals surface area contributed by atoms with Crippen LogP contribution in [0.1, 0.15) is 78.3 Å². The summed E-state index contributed by atoms with van der Waals surface area (Å²) in [6.07, 6.45) is -0.818. The molecule has 5 fully saturated rings. The third-order valence-electron chi connectivity index (χ3n) is 13.6. The van der Waals surface area contributed by atoms with Crippen LogP contribution in [0.15, 0.2) is 30.5 Å². The van der Waals surface area contributed by atoms with Crippen molar-refractivity contribution in [3.63, 3.8) is 0 Å². The maximum atomic E-state index is 17.7. The predicted octanol–water partition coefficient (Wildman–Crippen LogP) is 8.79. The van der Waals surface area contributed by atoms with Crippen molar-refractivity contribution in [2.75, 3.05) is 50.0 Å². The monoisotopic (exact) mass is 804 g/mol. The number of ether oxygens (including phenoxy) is 2. The highest BCUT2D eigenvalue weighted by atomic mass is 28.3. The summed E-state index contributed by atoms with van der Waals surface area (Å²) in [5, 5.41) is 0.938. The second-order valence-corrected chi connectivity index (χ2v) is 23.4. The summed E-state index contributed by atoms with van der Waals surface area (Å²) in [5.74, 6) is 1.30. The number of aromatic nitrogens is 3. The van der Waals surface area contributed by atoms with Gasteiger partial charge in [-0.1, -0.05) is 53.5 Å². The van der Waals surface area contributed by atoms with Crippen molar-refractivity contribution >= 4 is 41.3 Å². The molecule has 302 valence electrons. The number of hydrogen-bond acceptors (Lipinski definition) is 8. The Morgan fingerprint density at radius 3 is 2.60 bits per heavy atom. The average Bonchev–Trinajstić information content (AvgIpc) is 3.96. The van der Waals surface area contributed by atoms with Crippen LogP contribution in [0.3, 0.4) is 0 Å². The number of alkyl halides is 2. The molecule has 0 radical (unpaired) electrons. The first kappa shape index (κ1) is 33.9. The van der Waals surface area contributed by atoms with E-state index in [4.69, 9.17) is 17.9 Å². The number of nitrogens with two attached hydrogens (primary N) is 1. The number of nitrogens with zero attached hydrogens (tertiary/aromatic N) is 5. The van der Waals surface area contributed by atoms with Crippen LogP contribution in [-0.2, 0) is 4.74 Å². The molecule has 4 aromatic rings. The van der Waals surface area contributed by atoms with Crippen molar-refractivity contribution in [1.29, 1.82) is 0 Å². The summed E-state index contributed by atoms with van der Waals surface area (Å²) in [5.41, 5.74) is 8.35. The number of fused-ring (bicyclic) bond motifs is 4. The molecule has 2 aromatic heterocycles. The third kappa shape index (κ3) is 6.10. The van der Waals surface area contributed by atoms with Gasteiger partial charge in [-0.05, 0) is 72.4 Å². The van der Waals surface area contributed by atoms with Gasteiger partial charge < -0.3 is 20.1 Å². The van der Waals surface area contributed by atoms with Gasteiger partial charge in [0, 0.05) is 50.0 Å². The number of nitrogen functional groups attached to an aromatic ring is 1. The molecule has 0 unspecified atom stereocenters. The molecule has 2 N–H and O–H groups in total. The zero-order valence-electron chi connectivity index (χ0n) is 37.2. The van der Waals surface area contributed by atoms with Crippen LogP contribution in [-0.4, -0.2) is 91.2 Å². The summed E-state index contributed by atoms with van der Waals surface area (Å²) in [4.78, 5) is 16.8. The average molecular weight is 805 g/mol. The van der Waals surface area contributed by atoms with Crippen molar-refractivity contribution in [1.82, 2.24) is 19.9 Å². The maximum absolute atomic E-state index is 17.7. The first-order valence-electron chi connectivity index (χ1n) is 22.2. The molecule has 2 aromatic carbocycles. The highest BCUT2D eigenvalue weighted by molar-refractivity contribution is 6.90. The highest BCUT2D eigenvalue weighted by Gasteiger charge is 2.67. The van der Waals surface area contributed by atoms with Crippen LogP contribution in [0.25, 0.3) is 32.9 Å². The molecule has 13 heteroatoms. The topological polar surface area (TPSA) is 89.6 Å². The fraction of sp³-hybridized carbons (Fsp3) is 0.568. The Bertz CT molecular complexity index is 2500. The Kier molecular flexibility index (Phi) is 8.22. The van der Waals surface area contributed by atoms with Gasteiger partial charge in [0.05, 0.1) is 38.5 Å². The van der Waals surface area contributed by atoms with E-state index in [1.807, 2.05) is 0 Å². The third-order valence-corrected chi connectivity index (χ3v) is 19.9. The number of benzene rings is 2. The van der Waals surface area contributed by atoms with E-state index >= 15 is 13.2 Å². The Morgan fingerprint density at radius 1 is 1.12 bits per heavy atom. The van der Waals surface area contributed by atoms with E-state index in [2.05, 4.69) is 68.0 Å². The Labute approximate surface area is 338 Å². The lowest BCUT2D eigenvalue weighted by molar-refractivity contribution is 0.107. The van der Waals surface area contributed by atoms with Crippen LogP contribution >= 0.6 is 0 Å². The molecule has 1 spiro atoms. The maximum Gasteiger partial charge on any atom is 0.319 e. The molecule has 5 heterocycles. The SMILES string of the molecule is [2H]C1([2H])CC[C@@]2(C([2H])([2H])Oc3nc(N4CCOC[C@H]5[C@H](F)[C@H]54)c4cnc(-c5cc(N)cc6ccc(F)c(C#C[Si](C(C)C)(C(C)C)C(C)C)c56)c(F)c4n3)C[C@@]3(C[C@@H]3F)CN12. The van der Waals surface area contributed by atoms with Gasteiger partial charge in [-0.2, -0.15) is 9.97 Å². The first-order chi connectivity index (χ1) is 28.7. The number of hydrogen-bond donors (Lipinski definition) is 1. The van der Waals surface area contributed by atoms with Gasteiger partial charge in [0.25, 0.3) is 0 Å². The summed E-state index contributed by atoms with van der Waals surface area (Å²) in [7, 11) is -2.36. The fourth-order valence-corrected chi connectivity index (χ4v) is 15.7. The van der Waals surface area contributed by atoms with Crippen molar-refractivity contribution in [2.45, 2.75) is 108 Å². The lowest BCUT2D eigenvalue weighted by Gasteiger charge is -2.38. The summed E-state index contributed by atoms with van der Waals surface area (Å²) >= 11 is 0. The lowest BCUT2D eigenvalue weighted by Crippen LogP contribution is -2.43. The molecule has 3 saturated heterocycles. The molecule has 9 rings (SSSR count). The number of rotatable bonds is 8. The minimum absolute atomic E-state index is 0.00181. The molecule has 5 aliphatic rings. The number of anilines is 2. The summed E-state index contributed by atoms with van der Waals surface area (Å²) < 4.78 is 112. The highest BCUT2D eigenvalue weighted by Crippen LogP contribution is 2.62. The van der Waals surface area contributed by atoms with Gasteiger partial charge in [0.1, 0.15) is 49.8 Å². The smallest absolute Gasteiger partial charge is 0.319 e. The zero-order chi connectivity index (χ0) is 43.8. The molecular formula is C44H52F4N6O2Si. The normalized spacial score (nSPS) is 30.5. The van der Waals surface area contributed by atoms with Gasteiger partial charge in [0.2, 0.25) is 0 Å². The molecule has 2 saturated carbocycles. The van der Waals surface area contributed by atoms with Gasteiger partial charge in [0.15, 0.2) is 5.82 Å². The van der Waals surface area contributed by atoms with Gasteiger partial charge in [-0.15, -0.1) is 5.54 Å². The largest absolute Gasteiger partial charge is 0.461 e. The van der Waals surface area contributed by atoms with Crippen molar-refractivity contribution in [3.05, 3.63) is 47.7 Å². The van der Waals surface area contributed by atoms with Crippen molar-refractivity contribution in [2.24, 2.45) is 11.3 Å². The second-order valence-electron chi connectivity index (χ2n) is 17.8.